The molecular formula is C27H27FN6O6. The van der Waals surface area contributed by atoms with Gasteiger partial charge in [0.05, 0.1) is 18.4 Å². The first kappa shape index (κ1) is 26.8. The predicted molar refractivity (Wildman–Crippen MR) is 139 cm³/mol. The van der Waals surface area contributed by atoms with Crippen molar-refractivity contribution < 1.29 is 28.3 Å². The quantitative estimate of drug-likeness (QED) is 0.361. The van der Waals surface area contributed by atoms with Gasteiger partial charge in [-0.1, -0.05) is 29.4 Å². The van der Waals surface area contributed by atoms with Crippen molar-refractivity contribution >= 4 is 5.97 Å². The Kier molecular flexibility index (Phi) is 7.47. The Hall–Kier alpha value is -4.78. The maximum absolute atomic E-state index is 15.5. The molecule has 13 heteroatoms. The number of hydrogen-bond donors (Lipinski definition) is 3. The molecule has 0 radical (unpaired) electrons. The number of nitrogens with one attached hydrogen (secondary N) is 2. The van der Waals surface area contributed by atoms with Crippen LogP contribution in [0, 0.1) is 6.92 Å². The number of carboxylic acids is 1. The lowest BCUT2D eigenvalue weighted by molar-refractivity contribution is 0.0696. The molecule has 3 atom stereocenters. The number of hydrogen-bond acceptors (Lipinski definition) is 9. The summed E-state index contributed by atoms with van der Waals surface area (Å²) in [6.07, 6.45) is 6.97. The molecule has 2 aliphatic carbocycles. The van der Waals surface area contributed by atoms with Gasteiger partial charge in [-0.15, -0.1) is 5.10 Å². The standard InChI is InChI=1S/C27H27FN6O6/c1-14-29-24(33-40-14)15-8-10-16(11-9-15)30-23(18-12-21(38-2)22(39-3)13-19(18)28)25-31-27(37)34(32-25)20-7-5-4-6-17(20)26(35)36/h4-8,10-11,13,15,21,23,30H,9,12H2,1-3H3,(H,35,36)(H,31,32,37). The molecule has 0 amide bonds. The highest BCUT2D eigenvalue weighted by atomic mass is 19.1. The van der Waals surface area contributed by atoms with Gasteiger partial charge in [0, 0.05) is 38.1 Å². The Labute approximate surface area is 227 Å². The van der Waals surface area contributed by atoms with E-state index in [4.69, 9.17) is 14.0 Å². The van der Waals surface area contributed by atoms with E-state index in [1.165, 1.54) is 32.4 Å². The van der Waals surface area contributed by atoms with Crippen molar-refractivity contribution in [2.24, 2.45) is 0 Å². The van der Waals surface area contributed by atoms with E-state index in [2.05, 4.69) is 25.5 Å². The van der Waals surface area contributed by atoms with E-state index in [-0.39, 0.29) is 35.0 Å². The van der Waals surface area contributed by atoms with Crippen molar-refractivity contribution in [1.82, 2.24) is 30.2 Å². The lowest BCUT2D eigenvalue weighted by Crippen LogP contribution is -2.30. The second-order valence-corrected chi connectivity index (χ2v) is 9.21. The number of ether oxygens (including phenoxy) is 2. The predicted octanol–water partition coefficient (Wildman–Crippen LogP) is 3.38. The third-order valence-electron chi connectivity index (χ3n) is 6.72. The number of para-hydroxylation sites is 1. The number of nitrogens with zero attached hydrogens (tertiary/aromatic N) is 4. The number of aromatic amines is 1. The highest BCUT2D eigenvalue weighted by Crippen LogP contribution is 2.36. The molecule has 3 unspecified atom stereocenters. The Morgan fingerprint density at radius 2 is 2.12 bits per heavy atom. The van der Waals surface area contributed by atoms with E-state index < -0.39 is 29.6 Å². The lowest BCUT2D eigenvalue weighted by atomic mass is 9.92. The average molecular weight is 551 g/mol. The maximum Gasteiger partial charge on any atom is 0.348 e. The summed E-state index contributed by atoms with van der Waals surface area (Å²) in [4.78, 5) is 31.7. The van der Waals surface area contributed by atoms with Gasteiger partial charge in [0.2, 0.25) is 5.89 Å². The van der Waals surface area contributed by atoms with Crippen molar-refractivity contribution in [1.29, 1.82) is 0 Å². The van der Waals surface area contributed by atoms with Crippen LogP contribution in [0.5, 0.6) is 0 Å². The zero-order valence-electron chi connectivity index (χ0n) is 21.9. The zero-order valence-corrected chi connectivity index (χ0v) is 21.9. The van der Waals surface area contributed by atoms with Gasteiger partial charge in [0.15, 0.2) is 11.6 Å². The smallest absolute Gasteiger partial charge is 0.348 e. The van der Waals surface area contributed by atoms with E-state index in [9.17, 15) is 14.7 Å². The SMILES string of the molecule is COC1=CC(F)=C(C(NC2=CCC(c3noc(C)n3)C=C2)c2nn(-c3ccccc3C(=O)O)c(=O)[nH]2)CC1OC. The number of carboxylic acid groups (broad SMARTS) is 1. The largest absolute Gasteiger partial charge is 0.498 e. The molecule has 0 saturated heterocycles. The molecule has 3 aromatic rings. The normalized spacial score (nSPS) is 19.7. The van der Waals surface area contributed by atoms with Crippen LogP contribution in [-0.2, 0) is 9.47 Å². The Balaban J connectivity index is 1.53. The first-order chi connectivity index (χ1) is 19.3. The van der Waals surface area contributed by atoms with E-state index in [1.54, 1.807) is 19.1 Å². The van der Waals surface area contributed by atoms with Gasteiger partial charge in [-0.25, -0.2) is 14.0 Å². The Morgan fingerprint density at radius 3 is 2.77 bits per heavy atom. The van der Waals surface area contributed by atoms with Gasteiger partial charge in [0.25, 0.3) is 0 Å². The summed E-state index contributed by atoms with van der Waals surface area (Å²) >= 11 is 0. The van der Waals surface area contributed by atoms with Crippen LogP contribution in [0.1, 0.15) is 52.7 Å². The summed E-state index contributed by atoms with van der Waals surface area (Å²) in [6, 6.07) is 5.06. The highest BCUT2D eigenvalue weighted by Gasteiger charge is 2.33. The summed E-state index contributed by atoms with van der Waals surface area (Å²) in [5.74, 6) is -0.435. The Morgan fingerprint density at radius 1 is 1.32 bits per heavy atom. The number of halogens is 1. The molecule has 0 aliphatic heterocycles. The molecule has 0 bridgehead atoms. The van der Waals surface area contributed by atoms with Crippen molar-refractivity contribution in [3.63, 3.8) is 0 Å². The van der Waals surface area contributed by atoms with E-state index in [1.807, 2.05) is 18.2 Å². The molecule has 208 valence electrons. The second-order valence-electron chi connectivity index (χ2n) is 9.21. The van der Waals surface area contributed by atoms with Crippen LogP contribution in [0.3, 0.4) is 0 Å². The van der Waals surface area contributed by atoms with Crippen LogP contribution in [-0.4, -0.2) is 56.3 Å². The molecule has 12 nitrogen and oxygen atoms in total. The van der Waals surface area contributed by atoms with Gasteiger partial charge in [-0.05, 0) is 30.2 Å². The Bertz CT molecular complexity index is 1610. The number of rotatable bonds is 9. The molecule has 0 saturated carbocycles. The number of aromatic carboxylic acids is 1. The number of allylic oxidation sites excluding steroid dienone is 5. The number of benzene rings is 1. The van der Waals surface area contributed by atoms with Crippen molar-refractivity contribution in [3.8, 4) is 5.69 Å². The van der Waals surface area contributed by atoms with Crippen LogP contribution >= 0.6 is 0 Å². The van der Waals surface area contributed by atoms with Crippen LogP contribution in [0.15, 0.2) is 80.7 Å². The van der Waals surface area contributed by atoms with Crippen LogP contribution < -0.4 is 11.0 Å². The van der Waals surface area contributed by atoms with Gasteiger partial charge in [0.1, 0.15) is 23.7 Å². The first-order valence-corrected chi connectivity index (χ1v) is 12.4. The van der Waals surface area contributed by atoms with Crippen LogP contribution in [0.25, 0.3) is 5.69 Å². The summed E-state index contributed by atoms with van der Waals surface area (Å²) in [5, 5.41) is 21.3. The molecule has 5 rings (SSSR count). The van der Waals surface area contributed by atoms with Gasteiger partial charge in [-0.2, -0.15) is 9.67 Å². The van der Waals surface area contributed by atoms with Gasteiger partial charge in [-0.3, -0.25) is 4.98 Å². The molecule has 2 aliphatic rings. The minimum Gasteiger partial charge on any atom is -0.498 e. The van der Waals surface area contributed by atoms with Crippen LogP contribution in [0.2, 0.25) is 0 Å². The second kappa shape index (κ2) is 11.1. The minimum atomic E-state index is -1.22. The van der Waals surface area contributed by atoms with Gasteiger partial charge < -0.3 is 24.4 Å². The lowest BCUT2D eigenvalue weighted by Gasteiger charge is -2.29. The molecule has 40 heavy (non-hydrogen) atoms. The minimum absolute atomic E-state index is 0.0747. The maximum atomic E-state index is 15.5. The van der Waals surface area contributed by atoms with E-state index >= 15 is 4.39 Å². The zero-order chi connectivity index (χ0) is 28.4. The summed E-state index contributed by atoms with van der Waals surface area (Å²) in [6.45, 7) is 1.72. The first-order valence-electron chi connectivity index (χ1n) is 12.4. The molecule has 0 spiro atoms. The number of carbonyl (C=O) groups is 1. The molecule has 2 aromatic heterocycles. The number of methoxy groups -OCH3 is 2. The third kappa shape index (κ3) is 5.23. The molecule has 3 N–H and O–H groups in total. The van der Waals surface area contributed by atoms with E-state index in [0.717, 1.165) is 4.68 Å². The van der Waals surface area contributed by atoms with Crippen LogP contribution in [0.4, 0.5) is 4.39 Å². The van der Waals surface area contributed by atoms with Crippen molar-refractivity contribution in [2.45, 2.75) is 37.8 Å². The fraction of sp³-hybridized carbons (Fsp3) is 0.296. The fourth-order valence-electron chi connectivity index (χ4n) is 4.70. The van der Waals surface area contributed by atoms with Crippen molar-refractivity contribution in [3.05, 3.63) is 105 Å². The fourth-order valence-corrected chi connectivity index (χ4v) is 4.70. The number of aromatic nitrogens is 5. The highest BCUT2D eigenvalue weighted by molar-refractivity contribution is 5.91. The summed E-state index contributed by atoms with van der Waals surface area (Å²) in [5.41, 5.74) is 0.210. The third-order valence-corrected chi connectivity index (χ3v) is 6.72. The summed E-state index contributed by atoms with van der Waals surface area (Å²) < 4.78 is 32.4. The van der Waals surface area contributed by atoms with Gasteiger partial charge >= 0.3 is 11.7 Å². The summed E-state index contributed by atoms with van der Waals surface area (Å²) in [7, 11) is 2.93. The molecular weight excluding hydrogens is 523 g/mol. The monoisotopic (exact) mass is 550 g/mol. The topological polar surface area (TPSA) is 157 Å². The van der Waals surface area contributed by atoms with Crippen molar-refractivity contribution in [2.75, 3.05) is 14.2 Å². The number of aryl methyl sites for hydroxylation is 1. The number of H-pyrrole nitrogens is 1. The molecule has 0 fully saturated rings. The average Bonchev–Trinajstić information content (AvgIpc) is 3.57. The molecule has 1 aromatic carbocycles. The molecule has 2 heterocycles. The van der Waals surface area contributed by atoms with E-state index in [0.29, 0.717) is 29.6 Å².